The molecule has 2 N–H and O–H groups in total. The van der Waals surface area contributed by atoms with E-state index in [1.54, 1.807) is 18.2 Å². The summed E-state index contributed by atoms with van der Waals surface area (Å²) in [6.45, 7) is 5.22. The van der Waals surface area contributed by atoms with Gasteiger partial charge in [-0.2, -0.15) is 5.10 Å². The Morgan fingerprint density at radius 1 is 1.35 bits per heavy atom. The highest BCUT2D eigenvalue weighted by Crippen LogP contribution is 2.10. The van der Waals surface area contributed by atoms with Crippen LogP contribution in [0.2, 0.25) is 0 Å². The molecule has 0 atom stereocenters. The number of carbonyl (C=O) groups excluding carboxylic acids is 1. The third-order valence-corrected chi connectivity index (χ3v) is 3.87. The predicted molar refractivity (Wildman–Crippen MR) is 87.5 cm³/mol. The standard InChI is InChI=1S/C17H23FN4O/c1-12-15(13(2)21-20-12)8-9-22(3)11-17(23)19-10-14-6-4-5-7-16(14)18/h4-7H,8-11H2,1-3H3,(H,19,23)(H,20,21). The maximum Gasteiger partial charge on any atom is 0.234 e. The van der Waals surface area contributed by atoms with Gasteiger partial charge in [0.15, 0.2) is 0 Å². The highest BCUT2D eigenvalue weighted by Gasteiger charge is 2.10. The molecule has 1 amide bonds. The fraction of sp³-hybridized carbons (Fsp3) is 0.412. The van der Waals surface area contributed by atoms with E-state index in [2.05, 4.69) is 15.5 Å². The number of hydrogen-bond donors (Lipinski definition) is 2. The van der Waals surface area contributed by atoms with Crippen LogP contribution < -0.4 is 5.32 Å². The summed E-state index contributed by atoms with van der Waals surface area (Å²) in [6.07, 6.45) is 0.839. The number of amides is 1. The number of aryl methyl sites for hydroxylation is 2. The smallest absolute Gasteiger partial charge is 0.234 e. The van der Waals surface area contributed by atoms with Crippen molar-refractivity contribution in [3.05, 3.63) is 52.6 Å². The van der Waals surface area contributed by atoms with Crippen LogP contribution in [0.15, 0.2) is 24.3 Å². The molecular weight excluding hydrogens is 295 g/mol. The Labute approximate surface area is 135 Å². The Bertz CT molecular complexity index is 649. The van der Waals surface area contributed by atoms with Crippen molar-refractivity contribution in [2.24, 2.45) is 0 Å². The van der Waals surface area contributed by atoms with Crippen molar-refractivity contribution in [2.75, 3.05) is 20.1 Å². The topological polar surface area (TPSA) is 61.0 Å². The third kappa shape index (κ3) is 4.89. The van der Waals surface area contributed by atoms with E-state index in [0.717, 1.165) is 24.4 Å². The summed E-state index contributed by atoms with van der Waals surface area (Å²) in [5, 5.41) is 9.88. The lowest BCUT2D eigenvalue weighted by Gasteiger charge is -2.16. The number of H-pyrrole nitrogens is 1. The zero-order chi connectivity index (χ0) is 16.8. The second-order valence-corrected chi connectivity index (χ2v) is 5.77. The molecule has 0 saturated heterocycles. The summed E-state index contributed by atoms with van der Waals surface area (Å²) < 4.78 is 13.5. The van der Waals surface area contributed by atoms with E-state index in [1.165, 1.54) is 11.6 Å². The molecule has 0 spiro atoms. The number of nitrogens with zero attached hydrogens (tertiary/aromatic N) is 2. The Balaban J connectivity index is 1.75. The first-order valence-corrected chi connectivity index (χ1v) is 7.66. The van der Waals surface area contributed by atoms with Gasteiger partial charge >= 0.3 is 0 Å². The molecule has 1 heterocycles. The summed E-state index contributed by atoms with van der Waals surface area (Å²) in [5.74, 6) is -0.413. The molecule has 0 unspecified atom stereocenters. The van der Waals surface area contributed by atoms with Crippen molar-refractivity contribution in [1.29, 1.82) is 0 Å². The number of aromatic nitrogens is 2. The van der Waals surface area contributed by atoms with Gasteiger partial charge in [0.2, 0.25) is 5.91 Å². The minimum Gasteiger partial charge on any atom is -0.351 e. The van der Waals surface area contributed by atoms with Crippen LogP contribution in [0.4, 0.5) is 4.39 Å². The van der Waals surface area contributed by atoms with Crippen LogP contribution in [0.3, 0.4) is 0 Å². The highest BCUT2D eigenvalue weighted by molar-refractivity contribution is 5.77. The van der Waals surface area contributed by atoms with Crippen molar-refractivity contribution in [3.63, 3.8) is 0 Å². The van der Waals surface area contributed by atoms with E-state index < -0.39 is 0 Å². The van der Waals surface area contributed by atoms with E-state index in [4.69, 9.17) is 0 Å². The monoisotopic (exact) mass is 318 g/mol. The molecule has 0 aliphatic heterocycles. The van der Waals surface area contributed by atoms with E-state index in [9.17, 15) is 9.18 Å². The molecule has 0 radical (unpaired) electrons. The van der Waals surface area contributed by atoms with Gasteiger partial charge in [-0.1, -0.05) is 18.2 Å². The lowest BCUT2D eigenvalue weighted by molar-refractivity contribution is -0.122. The second kappa shape index (κ2) is 7.87. The van der Waals surface area contributed by atoms with Crippen molar-refractivity contribution in [2.45, 2.75) is 26.8 Å². The van der Waals surface area contributed by atoms with Gasteiger partial charge in [-0.25, -0.2) is 4.39 Å². The number of carbonyl (C=O) groups is 1. The van der Waals surface area contributed by atoms with Crippen LogP contribution in [0.5, 0.6) is 0 Å². The Morgan fingerprint density at radius 2 is 2.09 bits per heavy atom. The third-order valence-electron chi connectivity index (χ3n) is 3.87. The fourth-order valence-electron chi connectivity index (χ4n) is 2.46. The molecule has 5 nitrogen and oxygen atoms in total. The second-order valence-electron chi connectivity index (χ2n) is 5.77. The van der Waals surface area contributed by atoms with Crippen molar-refractivity contribution < 1.29 is 9.18 Å². The number of likely N-dealkylation sites (N-methyl/N-ethyl adjacent to an activating group) is 1. The van der Waals surface area contributed by atoms with E-state index in [-0.39, 0.29) is 24.8 Å². The number of rotatable bonds is 7. The Hall–Kier alpha value is -2.21. The molecule has 1 aromatic carbocycles. The predicted octanol–water partition coefficient (Wildman–Crippen LogP) is 1.96. The number of benzene rings is 1. The summed E-state index contributed by atoms with van der Waals surface area (Å²) in [6, 6.07) is 6.45. The van der Waals surface area contributed by atoms with E-state index in [1.807, 2.05) is 25.8 Å². The van der Waals surface area contributed by atoms with Crippen LogP contribution >= 0.6 is 0 Å². The lowest BCUT2D eigenvalue weighted by atomic mass is 10.1. The van der Waals surface area contributed by atoms with Gasteiger partial charge in [0.25, 0.3) is 0 Å². The normalized spacial score (nSPS) is 11.0. The maximum absolute atomic E-state index is 13.5. The Kier molecular flexibility index (Phi) is 5.87. The molecule has 0 fully saturated rings. The molecule has 0 aliphatic rings. The summed E-state index contributed by atoms with van der Waals surface area (Å²) >= 11 is 0. The maximum atomic E-state index is 13.5. The molecule has 1 aromatic heterocycles. The molecule has 0 bridgehead atoms. The molecule has 2 rings (SSSR count). The number of halogens is 1. The Morgan fingerprint density at radius 3 is 2.74 bits per heavy atom. The van der Waals surface area contributed by atoms with Crippen molar-refractivity contribution >= 4 is 5.91 Å². The molecular formula is C17H23FN4O. The molecule has 23 heavy (non-hydrogen) atoms. The first kappa shape index (κ1) is 17.1. The van der Waals surface area contributed by atoms with Crippen molar-refractivity contribution in [3.8, 4) is 0 Å². The van der Waals surface area contributed by atoms with E-state index >= 15 is 0 Å². The van der Waals surface area contributed by atoms with Crippen molar-refractivity contribution in [1.82, 2.24) is 20.4 Å². The summed E-state index contributed by atoms with van der Waals surface area (Å²) in [4.78, 5) is 13.9. The average molecular weight is 318 g/mol. The molecule has 0 aliphatic carbocycles. The molecule has 124 valence electrons. The highest BCUT2D eigenvalue weighted by atomic mass is 19.1. The van der Waals surface area contributed by atoms with Gasteiger partial charge in [-0.3, -0.25) is 14.8 Å². The number of aromatic amines is 1. The van der Waals surface area contributed by atoms with Crippen LogP contribution in [-0.4, -0.2) is 41.1 Å². The molecule has 2 aromatic rings. The minimum absolute atomic E-state index is 0.114. The van der Waals surface area contributed by atoms with E-state index in [0.29, 0.717) is 5.56 Å². The zero-order valence-corrected chi connectivity index (χ0v) is 13.8. The minimum atomic E-state index is -0.299. The van der Waals surface area contributed by atoms with Gasteiger partial charge < -0.3 is 5.32 Å². The zero-order valence-electron chi connectivity index (χ0n) is 13.8. The van der Waals surface area contributed by atoms with Crippen LogP contribution in [0.1, 0.15) is 22.5 Å². The molecule has 0 saturated carbocycles. The van der Waals surface area contributed by atoms with Crippen LogP contribution in [0, 0.1) is 19.7 Å². The first-order valence-electron chi connectivity index (χ1n) is 7.66. The van der Waals surface area contributed by atoms with Gasteiger partial charge in [-0.15, -0.1) is 0 Å². The van der Waals surface area contributed by atoms with Gasteiger partial charge in [0, 0.05) is 24.3 Å². The fourth-order valence-corrected chi connectivity index (χ4v) is 2.46. The van der Waals surface area contributed by atoms with Crippen LogP contribution in [-0.2, 0) is 17.8 Å². The summed E-state index contributed by atoms with van der Waals surface area (Å²) in [7, 11) is 1.90. The average Bonchev–Trinajstić information content (AvgIpc) is 2.83. The summed E-state index contributed by atoms with van der Waals surface area (Å²) in [5.41, 5.74) is 3.76. The lowest BCUT2D eigenvalue weighted by Crippen LogP contribution is -2.35. The number of nitrogens with one attached hydrogen (secondary N) is 2. The van der Waals surface area contributed by atoms with Gasteiger partial charge in [0.1, 0.15) is 5.82 Å². The van der Waals surface area contributed by atoms with Gasteiger partial charge in [-0.05, 0) is 38.9 Å². The SMILES string of the molecule is Cc1n[nH]c(C)c1CCN(C)CC(=O)NCc1ccccc1F. The quantitative estimate of drug-likeness (QED) is 0.820. The largest absolute Gasteiger partial charge is 0.351 e. The number of hydrogen-bond acceptors (Lipinski definition) is 3. The molecule has 6 heteroatoms. The first-order chi connectivity index (χ1) is 11.0. The van der Waals surface area contributed by atoms with Gasteiger partial charge in [0.05, 0.1) is 12.2 Å². The van der Waals surface area contributed by atoms with Crippen LogP contribution in [0.25, 0.3) is 0 Å².